The molecular weight excluding hydrogens is 436 g/mol. The van der Waals surface area contributed by atoms with E-state index in [2.05, 4.69) is 9.97 Å². The lowest BCUT2D eigenvalue weighted by atomic mass is 10.1. The van der Waals surface area contributed by atoms with Crippen LogP contribution in [0.5, 0.6) is 0 Å². The van der Waals surface area contributed by atoms with Gasteiger partial charge in [0.05, 0.1) is 16.9 Å². The molecular formula is C22H19ClN4O3S. The second kappa shape index (κ2) is 8.58. The van der Waals surface area contributed by atoms with Crippen molar-refractivity contribution >= 4 is 38.8 Å². The largest absolute Gasteiger partial charge is 0.309 e. The quantitative estimate of drug-likeness (QED) is 0.311. The first-order valence-corrected chi connectivity index (χ1v) is 10.8. The third kappa shape index (κ3) is 4.36. The molecule has 0 saturated heterocycles. The number of nitrogens with one attached hydrogen (secondary N) is 1. The Balaban J connectivity index is 1.60. The summed E-state index contributed by atoms with van der Waals surface area (Å²) < 4.78 is 0. The Kier molecular flexibility index (Phi) is 5.86. The fourth-order valence-corrected chi connectivity index (χ4v) is 4.53. The van der Waals surface area contributed by atoms with Gasteiger partial charge in [-0.25, -0.2) is 4.98 Å². The highest BCUT2D eigenvalue weighted by molar-refractivity contribution is 7.17. The monoisotopic (exact) mass is 454 g/mol. The van der Waals surface area contributed by atoms with Crippen molar-refractivity contribution in [3.63, 3.8) is 0 Å². The highest BCUT2D eigenvalue weighted by atomic mass is 35.5. The van der Waals surface area contributed by atoms with Crippen molar-refractivity contribution in [1.82, 2.24) is 14.9 Å². The number of aromatic amines is 1. The normalized spacial score (nSPS) is 12.4. The predicted octanol–water partition coefficient (Wildman–Crippen LogP) is 5.41. The Morgan fingerprint density at radius 2 is 2.00 bits per heavy atom. The summed E-state index contributed by atoms with van der Waals surface area (Å²) in [5, 5.41) is 14.2. The molecule has 9 heteroatoms. The van der Waals surface area contributed by atoms with E-state index in [4.69, 9.17) is 11.6 Å². The van der Waals surface area contributed by atoms with Crippen molar-refractivity contribution in [2.75, 3.05) is 7.05 Å². The minimum atomic E-state index is -0.405. The highest BCUT2D eigenvalue weighted by Crippen LogP contribution is 2.31. The zero-order valence-electron chi connectivity index (χ0n) is 16.8. The summed E-state index contributed by atoms with van der Waals surface area (Å²) in [5.41, 5.74) is 2.42. The summed E-state index contributed by atoms with van der Waals surface area (Å²) in [6.45, 7) is 2.35. The van der Waals surface area contributed by atoms with Crippen molar-refractivity contribution in [3.05, 3.63) is 90.8 Å². The van der Waals surface area contributed by atoms with Gasteiger partial charge in [0.2, 0.25) is 0 Å². The molecule has 4 aromatic rings. The molecule has 1 N–H and O–H groups in total. The van der Waals surface area contributed by atoms with Gasteiger partial charge in [-0.15, -0.1) is 11.3 Å². The number of fused-ring (bicyclic) bond motifs is 1. The summed E-state index contributed by atoms with van der Waals surface area (Å²) in [5.74, 6) is 0.543. The van der Waals surface area contributed by atoms with Crippen LogP contribution in [0.15, 0.2) is 58.7 Å². The molecule has 1 unspecified atom stereocenters. The average Bonchev–Trinajstić information content (AvgIpc) is 3.18. The summed E-state index contributed by atoms with van der Waals surface area (Å²) in [6.07, 6.45) is 0. The summed E-state index contributed by atoms with van der Waals surface area (Å²) in [4.78, 5) is 33.7. The summed E-state index contributed by atoms with van der Waals surface area (Å²) in [7, 11) is 1.89. The van der Waals surface area contributed by atoms with E-state index in [0.29, 0.717) is 27.6 Å². The van der Waals surface area contributed by atoms with Gasteiger partial charge in [0.15, 0.2) is 0 Å². The number of H-pyrrole nitrogens is 1. The second-order valence-electron chi connectivity index (χ2n) is 7.29. The number of nitro groups is 1. The van der Waals surface area contributed by atoms with Gasteiger partial charge in [0, 0.05) is 34.1 Å². The first-order valence-electron chi connectivity index (χ1n) is 9.54. The van der Waals surface area contributed by atoms with Crippen molar-refractivity contribution in [2.24, 2.45) is 0 Å². The minimum absolute atomic E-state index is 0.0546. The smallest absolute Gasteiger partial charge is 0.269 e. The molecule has 2 aromatic heterocycles. The number of thiophene rings is 1. The van der Waals surface area contributed by atoms with E-state index in [1.54, 1.807) is 24.3 Å². The number of nitrogens with zero attached hydrogens (tertiary/aromatic N) is 3. The number of benzene rings is 2. The topological polar surface area (TPSA) is 92.1 Å². The van der Waals surface area contributed by atoms with Gasteiger partial charge in [0.25, 0.3) is 11.2 Å². The Morgan fingerprint density at radius 1 is 1.26 bits per heavy atom. The van der Waals surface area contributed by atoms with Crippen molar-refractivity contribution < 1.29 is 4.92 Å². The molecule has 0 aliphatic heterocycles. The molecule has 0 spiro atoms. The van der Waals surface area contributed by atoms with Crippen LogP contribution in [0.1, 0.15) is 24.4 Å². The van der Waals surface area contributed by atoms with Crippen LogP contribution in [-0.2, 0) is 6.54 Å². The predicted molar refractivity (Wildman–Crippen MR) is 124 cm³/mol. The van der Waals surface area contributed by atoms with Gasteiger partial charge in [-0.3, -0.25) is 19.8 Å². The third-order valence-electron chi connectivity index (χ3n) is 5.27. The number of hydrogen-bond acceptors (Lipinski definition) is 6. The van der Waals surface area contributed by atoms with E-state index in [1.165, 1.54) is 17.4 Å². The lowest BCUT2D eigenvalue weighted by Crippen LogP contribution is -2.25. The molecule has 158 valence electrons. The molecule has 0 amide bonds. The van der Waals surface area contributed by atoms with Gasteiger partial charge >= 0.3 is 0 Å². The third-order valence-corrected chi connectivity index (χ3v) is 6.40. The molecule has 0 saturated carbocycles. The Bertz CT molecular complexity index is 1320. The van der Waals surface area contributed by atoms with Gasteiger partial charge in [0.1, 0.15) is 10.7 Å². The fraction of sp³-hybridized carbons (Fsp3) is 0.182. The van der Waals surface area contributed by atoms with Crippen LogP contribution < -0.4 is 5.56 Å². The molecule has 2 aromatic carbocycles. The number of non-ortho nitro benzene ring substituents is 1. The van der Waals surface area contributed by atoms with Crippen molar-refractivity contribution in [2.45, 2.75) is 19.5 Å². The van der Waals surface area contributed by atoms with Crippen LogP contribution in [0.4, 0.5) is 5.69 Å². The number of hydrogen-bond donors (Lipinski definition) is 1. The molecule has 0 radical (unpaired) electrons. The van der Waals surface area contributed by atoms with Crippen molar-refractivity contribution in [3.8, 4) is 11.1 Å². The molecule has 0 aliphatic carbocycles. The molecule has 2 heterocycles. The Labute approximate surface area is 187 Å². The first kappa shape index (κ1) is 21.2. The molecule has 4 rings (SSSR count). The number of rotatable bonds is 6. The van der Waals surface area contributed by atoms with E-state index in [1.807, 2.05) is 42.5 Å². The maximum Gasteiger partial charge on any atom is 0.269 e. The van der Waals surface area contributed by atoms with Gasteiger partial charge < -0.3 is 4.98 Å². The molecule has 31 heavy (non-hydrogen) atoms. The zero-order valence-corrected chi connectivity index (χ0v) is 18.4. The standard InChI is InChI=1S/C22H19ClN4O3S/c1-13(15-4-3-5-17(10-15)27(29)30)26(2)11-19-24-21(28)20-18(12-31-22(20)25-19)14-6-8-16(23)9-7-14/h3-10,12-13H,11H2,1-2H3,(H,24,25,28). The van der Waals surface area contributed by atoms with Crippen LogP contribution in [0.3, 0.4) is 0 Å². The van der Waals surface area contributed by atoms with Crippen LogP contribution >= 0.6 is 22.9 Å². The Morgan fingerprint density at radius 3 is 2.71 bits per heavy atom. The SMILES string of the molecule is CC(c1cccc([N+](=O)[O-])c1)N(C)Cc1nc2scc(-c3ccc(Cl)cc3)c2c(=O)[nH]1. The van der Waals surface area contributed by atoms with E-state index >= 15 is 0 Å². The number of halogens is 1. The highest BCUT2D eigenvalue weighted by Gasteiger charge is 2.18. The number of nitro benzene ring substituents is 1. The van der Waals surface area contributed by atoms with Crippen LogP contribution in [0.2, 0.25) is 5.02 Å². The summed E-state index contributed by atoms with van der Waals surface area (Å²) >= 11 is 7.39. The van der Waals surface area contributed by atoms with Gasteiger partial charge in [-0.1, -0.05) is 35.9 Å². The van der Waals surface area contributed by atoms with Crippen LogP contribution in [0.25, 0.3) is 21.3 Å². The van der Waals surface area contributed by atoms with E-state index in [-0.39, 0.29) is 17.3 Å². The average molecular weight is 455 g/mol. The molecule has 0 bridgehead atoms. The maximum atomic E-state index is 12.9. The molecule has 7 nitrogen and oxygen atoms in total. The zero-order chi connectivity index (χ0) is 22.1. The van der Waals surface area contributed by atoms with Crippen LogP contribution in [0, 0.1) is 10.1 Å². The lowest BCUT2D eigenvalue weighted by molar-refractivity contribution is -0.384. The maximum absolute atomic E-state index is 12.9. The van der Waals surface area contributed by atoms with E-state index < -0.39 is 4.92 Å². The number of aromatic nitrogens is 2. The van der Waals surface area contributed by atoms with Crippen molar-refractivity contribution in [1.29, 1.82) is 0 Å². The van der Waals surface area contributed by atoms with Crippen LogP contribution in [-0.4, -0.2) is 26.8 Å². The second-order valence-corrected chi connectivity index (χ2v) is 8.59. The molecule has 0 aliphatic rings. The lowest BCUT2D eigenvalue weighted by Gasteiger charge is -2.24. The first-order chi connectivity index (χ1) is 14.8. The molecule has 1 atom stereocenters. The van der Waals surface area contributed by atoms with E-state index in [0.717, 1.165) is 16.7 Å². The summed E-state index contributed by atoms with van der Waals surface area (Å²) in [6, 6.07) is 13.8. The Hall–Kier alpha value is -3.07. The minimum Gasteiger partial charge on any atom is -0.309 e. The molecule has 0 fully saturated rings. The van der Waals surface area contributed by atoms with Gasteiger partial charge in [-0.2, -0.15) is 0 Å². The van der Waals surface area contributed by atoms with E-state index in [9.17, 15) is 14.9 Å². The fourth-order valence-electron chi connectivity index (χ4n) is 3.44. The van der Waals surface area contributed by atoms with Gasteiger partial charge in [-0.05, 0) is 37.2 Å².